The highest BCUT2D eigenvalue weighted by atomic mass is 16.1. The molecule has 0 saturated heterocycles. The summed E-state index contributed by atoms with van der Waals surface area (Å²) in [6.45, 7) is 0. The molecule has 7 nitrogen and oxygen atoms in total. The van der Waals surface area contributed by atoms with Crippen molar-refractivity contribution < 1.29 is 0 Å². The van der Waals surface area contributed by atoms with Gasteiger partial charge < -0.3 is 0 Å². The van der Waals surface area contributed by atoms with Crippen LogP contribution in [0.15, 0.2) is 63.7 Å². The quantitative estimate of drug-likeness (QED) is 0.723. The minimum Gasteiger partial charge on any atom is -0.294 e. The minimum absolute atomic E-state index is 0.156. The van der Waals surface area contributed by atoms with Crippen molar-refractivity contribution in [1.29, 1.82) is 5.26 Å². The van der Waals surface area contributed by atoms with E-state index in [2.05, 4.69) is 25.4 Å². The Balaban J connectivity index is 1.95. The molecular weight excluding hydrogens is 280 g/mol. The molecule has 0 spiro atoms. The summed E-state index contributed by atoms with van der Waals surface area (Å²) in [6, 6.07) is 14.0. The van der Waals surface area contributed by atoms with Crippen molar-refractivity contribution in [1.82, 2.24) is 15.2 Å². The summed E-state index contributed by atoms with van der Waals surface area (Å²) in [4.78, 5) is 16.0. The number of aromatic nitrogens is 3. The summed E-state index contributed by atoms with van der Waals surface area (Å²) in [5.74, 6) is 0. The summed E-state index contributed by atoms with van der Waals surface area (Å²) < 4.78 is 0. The lowest BCUT2D eigenvalue weighted by molar-refractivity contribution is 1.05. The van der Waals surface area contributed by atoms with Crippen molar-refractivity contribution in [2.45, 2.75) is 0 Å². The number of hydrogen-bond donors (Lipinski definition) is 2. The summed E-state index contributed by atoms with van der Waals surface area (Å²) in [5.41, 5.74) is 1.93. The van der Waals surface area contributed by atoms with Crippen LogP contribution >= 0.6 is 0 Å². The zero-order valence-corrected chi connectivity index (χ0v) is 11.3. The van der Waals surface area contributed by atoms with E-state index in [4.69, 9.17) is 5.26 Å². The van der Waals surface area contributed by atoms with Crippen molar-refractivity contribution in [3.63, 3.8) is 0 Å². The van der Waals surface area contributed by atoms with Gasteiger partial charge >= 0.3 is 0 Å². The van der Waals surface area contributed by atoms with E-state index in [9.17, 15) is 4.79 Å². The van der Waals surface area contributed by atoms with Crippen LogP contribution in [0.25, 0.3) is 11.4 Å². The highest BCUT2D eigenvalue weighted by molar-refractivity contribution is 5.67. The van der Waals surface area contributed by atoms with Crippen LogP contribution in [0.5, 0.6) is 0 Å². The second-order valence-electron chi connectivity index (χ2n) is 4.38. The van der Waals surface area contributed by atoms with Crippen molar-refractivity contribution in [2.75, 3.05) is 0 Å². The molecule has 2 N–H and O–H groups in total. The molecule has 0 aliphatic heterocycles. The van der Waals surface area contributed by atoms with Crippen LogP contribution in [0.3, 0.4) is 0 Å². The lowest BCUT2D eigenvalue weighted by Crippen LogP contribution is -1.96. The molecule has 2 heterocycles. The van der Waals surface area contributed by atoms with Crippen LogP contribution in [0.1, 0.15) is 5.56 Å². The predicted octanol–water partition coefficient (Wildman–Crippen LogP) is 3.05. The van der Waals surface area contributed by atoms with E-state index in [1.54, 1.807) is 42.6 Å². The summed E-state index contributed by atoms with van der Waals surface area (Å²) in [7, 11) is 0. The van der Waals surface area contributed by atoms with Crippen LogP contribution in [-0.2, 0) is 0 Å². The lowest BCUT2D eigenvalue weighted by Gasteiger charge is -1.96. The monoisotopic (exact) mass is 290 g/mol. The third-order valence-corrected chi connectivity index (χ3v) is 2.94. The molecule has 0 fully saturated rings. The fourth-order valence-corrected chi connectivity index (χ4v) is 1.85. The molecule has 22 heavy (non-hydrogen) atoms. The number of nitrogens with zero attached hydrogens (tertiary/aromatic N) is 4. The van der Waals surface area contributed by atoms with E-state index in [0.29, 0.717) is 22.6 Å². The summed E-state index contributed by atoms with van der Waals surface area (Å²) in [5, 5.41) is 22.0. The maximum absolute atomic E-state index is 11.8. The number of H-pyrrole nitrogens is 2. The predicted molar refractivity (Wildman–Crippen MR) is 80.0 cm³/mol. The SMILES string of the molecule is N#Cc1ccc(N=Nc2c(-c3ccccn3)[nH][nH]c2=O)cc1. The molecule has 2 aromatic heterocycles. The van der Waals surface area contributed by atoms with Gasteiger partial charge in [0.05, 0.1) is 23.0 Å². The molecule has 1 aromatic carbocycles. The Hall–Kier alpha value is -3.53. The number of benzene rings is 1. The van der Waals surface area contributed by atoms with E-state index >= 15 is 0 Å². The topological polar surface area (TPSA) is 110 Å². The highest BCUT2D eigenvalue weighted by Crippen LogP contribution is 2.24. The minimum atomic E-state index is -0.377. The molecule has 106 valence electrons. The fraction of sp³-hybridized carbons (Fsp3) is 0. The largest absolute Gasteiger partial charge is 0.294 e. The average molecular weight is 290 g/mol. The van der Waals surface area contributed by atoms with E-state index in [-0.39, 0.29) is 11.2 Å². The maximum atomic E-state index is 11.8. The molecule has 0 radical (unpaired) electrons. The molecule has 0 aliphatic carbocycles. The van der Waals surface area contributed by atoms with Gasteiger partial charge in [0.1, 0.15) is 5.69 Å². The normalized spacial score (nSPS) is 10.7. The third kappa shape index (κ3) is 2.66. The lowest BCUT2D eigenvalue weighted by atomic mass is 10.2. The second-order valence-corrected chi connectivity index (χ2v) is 4.38. The van der Waals surface area contributed by atoms with Crippen LogP contribution in [0.2, 0.25) is 0 Å². The highest BCUT2D eigenvalue weighted by Gasteiger charge is 2.12. The molecule has 3 aromatic rings. The van der Waals surface area contributed by atoms with Gasteiger partial charge in [0.25, 0.3) is 5.56 Å². The fourth-order valence-electron chi connectivity index (χ4n) is 1.85. The first kappa shape index (κ1) is 13.5. The van der Waals surface area contributed by atoms with Crippen molar-refractivity contribution in [2.24, 2.45) is 10.2 Å². The smallest absolute Gasteiger partial charge is 0.292 e. The molecule has 0 amide bonds. The van der Waals surface area contributed by atoms with Gasteiger partial charge in [-0.3, -0.25) is 20.0 Å². The summed E-state index contributed by atoms with van der Waals surface area (Å²) >= 11 is 0. The zero-order chi connectivity index (χ0) is 15.4. The van der Waals surface area contributed by atoms with Gasteiger partial charge in [0.2, 0.25) is 0 Å². The van der Waals surface area contributed by atoms with Gasteiger partial charge in [-0.15, -0.1) is 5.11 Å². The number of nitrogens with one attached hydrogen (secondary N) is 2. The zero-order valence-electron chi connectivity index (χ0n) is 11.3. The van der Waals surface area contributed by atoms with Crippen LogP contribution in [0, 0.1) is 11.3 Å². The third-order valence-electron chi connectivity index (χ3n) is 2.94. The first-order valence-corrected chi connectivity index (χ1v) is 6.42. The molecule has 0 bridgehead atoms. The standard InChI is InChI=1S/C15H10N6O/c16-9-10-4-6-11(7-5-10)18-20-14-13(19-21-15(14)22)12-3-1-2-8-17-12/h1-8H,(H2,19,21,22). The van der Waals surface area contributed by atoms with E-state index in [1.165, 1.54) is 0 Å². The second kappa shape index (κ2) is 5.85. The van der Waals surface area contributed by atoms with Crippen molar-refractivity contribution >= 4 is 11.4 Å². The number of rotatable bonds is 3. The van der Waals surface area contributed by atoms with Crippen LogP contribution in [-0.4, -0.2) is 15.2 Å². The molecule has 7 heteroatoms. The molecule has 0 unspecified atom stereocenters. The van der Waals surface area contributed by atoms with Gasteiger partial charge in [0.15, 0.2) is 5.69 Å². The number of hydrogen-bond acceptors (Lipinski definition) is 5. The Labute approximate surface area is 125 Å². The first-order chi connectivity index (χ1) is 10.8. The van der Waals surface area contributed by atoms with Crippen molar-refractivity contribution in [3.8, 4) is 17.5 Å². The van der Waals surface area contributed by atoms with E-state index < -0.39 is 0 Å². The Morgan fingerprint density at radius 3 is 2.55 bits per heavy atom. The number of nitriles is 1. The Morgan fingerprint density at radius 2 is 1.86 bits per heavy atom. The molecule has 0 atom stereocenters. The van der Waals surface area contributed by atoms with Gasteiger partial charge in [-0.1, -0.05) is 6.07 Å². The Bertz CT molecular complexity index is 900. The molecular formula is C15H10N6O. The Kier molecular flexibility index (Phi) is 3.58. The van der Waals surface area contributed by atoms with E-state index in [0.717, 1.165) is 0 Å². The van der Waals surface area contributed by atoms with Gasteiger partial charge in [-0.25, -0.2) is 0 Å². The van der Waals surface area contributed by atoms with Gasteiger partial charge in [-0.05, 0) is 36.4 Å². The molecule has 3 rings (SSSR count). The van der Waals surface area contributed by atoms with Crippen LogP contribution < -0.4 is 5.56 Å². The number of azo groups is 1. The number of aromatic amines is 2. The van der Waals surface area contributed by atoms with Gasteiger partial charge in [-0.2, -0.15) is 10.4 Å². The average Bonchev–Trinajstić information content (AvgIpc) is 2.95. The molecule has 0 saturated carbocycles. The number of pyridine rings is 1. The maximum Gasteiger partial charge on any atom is 0.292 e. The van der Waals surface area contributed by atoms with Gasteiger partial charge in [0, 0.05) is 6.20 Å². The summed E-state index contributed by atoms with van der Waals surface area (Å²) in [6.07, 6.45) is 1.63. The Morgan fingerprint density at radius 1 is 1.05 bits per heavy atom. The van der Waals surface area contributed by atoms with Crippen LogP contribution in [0.4, 0.5) is 11.4 Å². The molecule has 0 aliphatic rings. The van der Waals surface area contributed by atoms with E-state index in [1.807, 2.05) is 12.1 Å². The van der Waals surface area contributed by atoms with Crippen molar-refractivity contribution in [3.05, 3.63) is 64.6 Å². The first-order valence-electron chi connectivity index (χ1n) is 6.42.